The van der Waals surface area contributed by atoms with Gasteiger partial charge in [-0.15, -0.1) is 0 Å². The number of nitrogens with one attached hydrogen (secondary N) is 1. The van der Waals surface area contributed by atoms with Gasteiger partial charge in [-0.2, -0.15) is 0 Å². The molecule has 146 valence electrons. The number of imide groups is 1. The molecule has 29 heavy (non-hydrogen) atoms. The second kappa shape index (κ2) is 6.66. The number of rotatable bonds is 3. The molecule has 0 atom stereocenters. The molecular weight excluding hydrogens is 438 g/mol. The highest BCUT2D eigenvalue weighted by molar-refractivity contribution is 9.10. The van der Waals surface area contributed by atoms with Crippen molar-refractivity contribution in [1.82, 2.24) is 4.90 Å². The molecule has 1 aliphatic heterocycles. The summed E-state index contributed by atoms with van der Waals surface area (Å²) in [5.41, 5.74) is 3.25. The number of hydrogen-bond donors (Lipinski definition) is 1. The molecule has 3 aromatic rings. The summed E-state index contributed by atoms with van der Waals surface area (Å²) in [6, 6.07) is 10.0. The van der Waals surface area contributed by atoms with E-state index in [4.69, 9.17) is 0 Å². The normalized spacial score (nSPS) is 13.2. The predicted molar refractivity (Wildman–Crippen MR) is 114 cm³/mol. The molecule has 1 N–H and O–H groups in total. The first-order valence-electron chi connectivity index (χ1n) is 8.81. The molecule has 0 radical (unpaired) electrons. The summed E-state index contributed by atoms with van der Waals surface area (Å²) in [6.07, 6.45) is 0. The van der Waals surface area contributed by atoms with E-state index in [0.717, 1.165) is 20.5 Å². The van der Waals surface area contributed by atoms with E-state index in [9.17, 15) is 19.7 Å². The van der Waals surface area contributed by atoms with Crippen molar-refractivity contribution in [2.75, 3.05) is 12.4 Å². The Hall–Kier alpha value is -3.26. The molecule has 0 bridgehead atoms. The van der Waals surface area contributed by atoms with Gasteiger partial charge >= 0.3 is 0 Å². The van der Waals surface area contributed by atoms with E-state index in [1.807, 2.05) is 26.0 Å². The van der Waals surface area contributed by atoms with Gasteiger partial charge in [0, 0.05) is 33.9 Å². The van der Waals surface area contributed by atoms with Crippen molar-refractivity contribution < 1.29 is 14.5 Å². The number of carbonyl (C=O) groups is 2. The van der Waals surface area contributed by atoms with Gasteiger partial charge in [0.25, 0.3) is 17.5 Å². The zero-order chi connectivity index (χ0) is 21.0. The number of halogens is 1. The number of nitrogens with zero attached hydrogens (tertiary/aromatic N) is 2. The molecular formula is C21H16BrN3O4. The van der Waals surface area contributed by atoms with E-state index in [1.54, 1.807) is 18.2 Å². The Kier molecular flexibility index (Phi) is 4.38. The van der Waals surface area contributed by atoms with E-state index in [2.05, 4.69) is 21.2 Å². The van der Waals surface area contributed by atoms with Gasteiger partial charge in [0.2, 0.25) is 0 Å². The lowest BCUT2D eigenvalue weighted by Gasteiger charge is -2.25. The van der Waals surface area contributed by atoms with Crippen LogP contribution in [-0.2, 0) is 0 Å². The van der Waals surface area contributed by atoms with Gasteiger partial charge in [-0.05, 0) is 59.1 Å². The highest BCUT2D eigenvalue weighted by atomic mass is 79.9. The van der Waals surface area contributed by atoms with Crippen LogP contribution in [0.1, 0.15) is 31.8 Å². The summed E-state index contributed by atoms with van der Waals surface area (Å²) < 4.78 is 0.752. The second-order valence-electron chi connectivity index (χ2n) is 7.01. The van der Waals surface area contributed by atoms with Crippen molar-refractivity contribution in [2.45, 2.75) is 13.8 Å². The molecule has 8 heteroatoms. The van der Waals surface area contributed by atoms with Gasteiger partial charge in [0.15, 0.2) is 0 Å². The first kappa shape index (κ1) is 19.1. The fourth-order valence-electron chi connectivity index (χ4n) is 3.56. The summed E-state index contributed by atoms with van der Waals surface area (Å²) in [5.74, 6) is -0.985. The summed E-state index contributed by atoms with van der Waals surface area (Å²) >= 11 is 3.50. The van der Waals surface area contributed by atoms with Gasteiger partial charge in [0.1, 0.15) is 5.69 Å². The van der Waals surface area contributed by atoms with Crippen molar-refractivity contribution in [3.8, 4) is 0 Å². The third-order valence-electron chi connectivity index (χ3n) is 5.25. The number of benzene rings is 3. The smallest absolute Gasteiger partial charge is 0.294 e. The van der Waals surface area contributed by atoms with Crippen LogP contribution in [0.4, 0.5) is 17.1 Å². The van der Waals surface area contributed by atoms with Crippen molar-refractivity contribution in [1.29, 1.82) is 0 Å². The molecule has 0 fully saturated rings. The fourth-order valence-corrected chi connectivity index (χ4v) is 4.11. The number of nitro benzene ring substituents is 1. The minimum absolute atomic E-state index is 0.147. The van der Waals surface area contributed by atoms with Gasteiger partial charge in [-0.25, -0.2) is 0 Å². The Morgan fingerprint density at radius 2 is 1.69 bits per heavy atom. The molecule has 1 heterocycles. The topological polar surface area (TPSA) is 92.6 Å². The number of amides is 2. The van der Waals surface area contributed by atoms with Crippen LogP contribution in [0.3, 0.4) is 0 Å². The lowest BCUT2D eigenvalue weighted by molar-refractivity contribution is -0.383. The molecule has 0 saturated carbocycles. The van der Waals surface area contributed by atoms with E-state index in [-0.39, 0.29) is 16.9 Å². The minimum atomic E-state index is -0.555. The minimum Gasteiger partial charge on any atom is -0.348 e. The summed E-state index contributed by atoms with van der Waals surface area (Å²) in [6.45, 7) is 3.93. The summed E-state index contributed by atoms with van der Waals surface area (Å²) in [5, 5.41) is 15.9. The van der Waals surface area contributed by atoms with E-state index < -0.39 is 16.7 Å². The zero-order valence-corrected chi connectivity index (χ0v) is 17.5. The Labute approximate surface area is 174 Å². The van der Waals surface area contributed by atoms with Crippen LogP contribution in [0, 0.1) is 24.0 Å². The Morgan fingerprint density at radius 1 is 1.03 bits per heavy atom. The summed E-state index contributed by atoms with van der Waals surface area (Å²) in [7, 11) is 1.37. The zero-order valence-electron chi connectivity index (χ0n) is 15.9. The number of aryl methyl sites for hydroxylation is 2. The maximum Gasteiger partial charge on any atom is 0.294 e. The van der Waals surface area contributed by atoms with Gasteiger partial charge in [-0.3, -0.25) is 24.6 Å². The molecule has 4 rings (SSSR count). The fraction of sp³-hybridized carbons (Fsp3) is 0.143. The quantitative estimate of drug-likeness (QED) is 0.338. The van der Waals surface area contributed by atoms with Gasteiger partial charge in [-0.1, -0.05) is 12.1 Å². The molecule has 0 saturated heterocycles. The van der Waals surface area contributed by atoms with Crippen molar-refractivity contribution in [3.63, 3.8) is 0 Å². The maximum atomic E-state index is 12.6. The first-order chi connectivity index (χ1) is 13.7. The molecule has 0 unspecified atom stereocenters. The number of hydrogen-bond acceptors (Lipinski definition) is 5. The van der Waals surface area contributed by atoms with E-state index in [0.29, 0.717) is 22.0 Å². The van der Waals surface area contributed by atoms with Crippen LogP contribution in [-0.4, -0.2) is 28.7 Å². The van der Waals surface area contributed by atoms with Crippen LogP contribution in [0.25, 0.3) is 10.8 Å². The SMILES string of the molecule is Cc1cc(Br)c(Nc2c([N+](=O)[O-])cc3c4c(cccc24)C(=O)N(C)C3=O)cc1C. The molecule has 7 nitrogen and oxygen atoms in total. The Balaban J connectivity index is 2.05. The standard InChI is InChI=1S/C21H16BrN3O4/c1-10-7-15(22)16(8-11(10)2)23-19-12-5-4-6-13-18(12)14(9-17(19)25(28)29)21(27)24(3)20(13)26/h4-9,23H,1-3H3. The third-order valence-corrected chi connectivity index (χ3v) is 5.91. The molecule has 0 spiro atoms. The number of anilines is 2. The second-order valence-corrected chi connectivity index (χ2v) is 7.87. The Morgan fingerprint density at radius 3 is 2.38 bits per heavy atom. The molecule has 0 aromatic heterocycles. The van der Waals surface area contributed by atoms with Crippen LogP contribution >= 0.6 is 15.9 Å². The molecule has 0 aliphatic carbocycles. The third kappa shape index (κ3) is 2.87. The van der Waals surface area contributed by atoms with Gasteiger partial charge < -0.3 is 5.32 Å². The largest absolute Gasteiger partial charge is 0.348 e. The van der Waals surface area contributed by atoms with Crippen molar-refractivity contribution in [3.05, 3.63) is 73.2 Å². The lowest BCUT2D eigenvalue weighted by Crippen LogP contribution is -2.37. The average Bonchev–Trinajstić information content (AvgIpc) is 2.68. The van der Waals surface area contributed by atoms with Crippen LogP contribution in [0.2, 0.25) is 0 Å². The molecule has 3 aromatic carbocycles. The number of carbonyl (C=O) groups excluding carboxylic acids is 2. The molecule has 2 amide bonds. The monoisotopic (exact) mass is 453 g/mol. The highest BCUT2D eigenvalue weighted by Gasteiger charge is 2.34. The highest BCUT2D eigenvalue weighted by Crippen LogP contribution is 2.42. The predicted octanol–water partition coefficient (Wildman–Crippen LogP) is 5.10. The van der Waals surface area contributed by atoms with Crippen LogP contribution < -0.4 is 5.32 Å². The van der Waals surface area contributed by atoms with E-state index >= 15 is 0 Å². The van der Waals surface area contributed by atoms with Crippen molar-refractivity contribution in [2.24, 2.45) is 0 Å². The van der Waals surface area contributed by atoms with E-state index in [1.165, 1.54) is 13.1 Å². The maximum absolute atomic E-state index is 12.6. The number of nitro groups is 1. The first-order valence-corrected chi connectivity index (χ1v) is 9.60. The van der Waals surface area contributed by atoms with Crippen molar-refractivity contribution >= 4 is 55.6 Å². The van der Waals surface area contributed by atoms with Gasteiger partial charge in [0.05, 0.1) is 16.2 Å². The average molecular weight is 454 g/mol. The van der Waals surface area contributed by atoms with Crippen LogP contribution in [0.5, 0.6) is 0 Å². The lowest BCUT2D eigenvalue weighted by atomic mass is 9.92. The van der Waals surface area contributed by atoms with Crippen LogP contribution in [0.15, 0.2) is 40.9 Å². The Bertz CT molecular complexity index is 1250. The molecule has 1 aliphatic rings. The summed E-state index contributed by atoms with van der Waals surface area (Å²) in [4.78, 5) is 37.5.